The molecular weight excluding hydrogens is 385 g/mol. The van der Waals surface area contributed by atoms with Gasteiger partial charge in [-0.25, -0.2) is 4.39 Å². The second-order valence-corrected chi connectivity index (χ2v) is 7.11. The Morgan fingerprint density at radius 3 is 2.68 bits per heavy atom. The summed E-state index contributed by atoms with van der Waals surface area (Å²) in [4.78, 5) is 24.4. The second kappa shape index (κ2) is 7.15. The molecule has 2 aliphatic rings. The molecule has 2 heterocycles. The first-order valence-electron chi connectivity index (χ1n) is 8.79. The highest BCUT2D eigenvalue weighted by atomic mass is 32.1. The summed E-state index contributed by atoms with van der Waals surface area (Å²) in [5.74, 6) is -0.816. The monoisotopic (exact) mass is 403 g/mol. The standard InChI is InChI=1S/C17H18FN7O2S/c18-9-1-3-11(4-2-9)25-13(15(19)26)7-12(23-25)16(27)20-8-14-21-22-17(28)24(14)10-5-6-10/h1-4,10,13H,5-8H2,(H2,19,26)(H,20,27)(H,22,28). The zero-order valence-electron chi connectivity index (χ0n) is 14.8. The van der Waals surface area contributed by atoms with Gasteiger partial charge in [-0.3, -0.25) is 24.3 Å². The van der Waals surface area contributed by atoms with Crippen molar-refractivity contribution in [1.29, 1.82) is 0 Å². The van der Waals surface area contributed by atoms with Gasteiger partial charge in [-0.1, -0.05) is 0 Å². The molecule has 1 aromatic carbocycles. The van der Waals surface area contributed by atoms with Gasteiger partial charge in [0, 0.05) is 12.5 Å². The fourth-order valence-electron chi connectivity index (χ4n) is 3.13. The minimum absolute atomic E-state index is 0.0635. The number of amides is 2. The van der Waals surface area contributed by atoms with Crippen LogP contribution in [0.2, 0.25) is 0 Å². The zero-order valence-corrected chi connectivity index (χ0v) is 15.6. The van der Waals surface area contributed by atoms with Crippen LogP contribution in [0.1, 0.15) is 31.1 Å². The molecule has 1 aromatic heterocycles. The van der Waals surface area contributed by atoms with Gasteiger partial charge in [0.25, 0.3) is 5.91 Å². The molecule has 4 N–H and O–H groups in total. The number of anilines is 1. The maximum Gasteiger partial charge on any atom is 0.267 e. The molecule has 2 amide bonds. The molecule has 1 unspecified atom stereocenters. The van der Waals surface area contributed by atoms with Crippen molar-refractivity contribution >= 4 is 35.4 Å². The molecule has 146 valence electrons. The van der Waals surface area contributed by atoms with E-state index in [1.807, 2.05) is 4.57 Å². The van der Waals surface area contributed by atoms with E-state index in [9.17, 15) is 14.0 Å². The molecule has 4 rings (SSSR count). The maximum atomic E-state index is 13.2. The highest BCUT2D eigenvalue weighted by Gasteiger charge is 2.35. The molecule has 0 spiro atoms. The molecule has 1 aliphatic heterocycles. The number of nitrogens with zero attached hydrogens (tertiary/aromatic N) is 4. The molecule has 1 saturated carbocycles. The Kier molecular flexibility index (Phi) is 4.67. The van der Waals surface area contributed by atoms with E-state index < -0.39 is 23.7 Å². The van der Waals surface area contributed by atoms with Crippen molar-refractivity contribution in [3.8, 4) is 0 Å². The lowest BCUT2D eigenvalue weighted by molar-refractivity contribution is -0.119. The minimum Gasteiger partial charge on any atom is -0.368 e. The molecule has 1 atom stereocenters. The number of nitrogens with two attached hydrogens (primary N) is 1. The maximum absolute atomic E-state index is 13.2. The van der Waals surface area contributed by atoms with Crippen molar-refractivity contribution in [1.82, 2.24) is 20.1 Å². The van der Waals surface area contributed by atoms with Crippen LogP contribution in [0.4, 0.5) is 10.1 Å². The predicted molar refractivity (Wildman–Crippen MR) is 101 cm³/mol. The zero-order chi connectivity index (χ0) is 19.8. The highest BCUT2D eigenvalue weighted by Crippen LogP contribution is 2.35. The number of H-pyrrole nitrogens is 1. The molecular formula is C17H18FN7O2S. The van der Waals surface area contributed by atoms with Crippen LogP contribution >= 0.6 is 12.2 Å². The first-order valence-corrected chi connectivity index (χ1v) is 9.20. The molecule has 1 aliphatic carbocycles. The third-order valence-corrected chi connectivity index (χ3v) is 4.98. The van der Waals surface area contributed by atoms with E-state index >= 15 is 0 Å². The van der Waals surface area contributed by atoms with Crippen molar-refractivity contribution in [2.24, 2.45) is 10.8 Å². The van der Waals surface area contributed by atoms with Crippen LogP contribution in [0.3, 0.4) is 0 Å². The van der Waals surface area contributed by atoms with Crippen molar-refractivity contribution in [3.63, 3.8) is 0 Å². The number of aromatic amines is 1. The summed E-state index contributed by atoms with van der Waals surface area (Å²) in [5.41, 5.74) is 6.10. The second-order valence-electron chi connectivity index (χ2n) is 6.72. The fourth-order valence-corrected chi connectivity index (χ4v) is 3.43. The number of carbonyl (C=O) groups is 2. The number of hydrazone groups is 1. The van der Waals surface area contributed by atoms with Gasteiger partial charge in [0.1, 0.15) is 17.6 Å². The van der Waals surface area contributed by atoms with Gasteiger partial charge in [-0.15, -0.1) is 0 Å². The number of carbonyl (C=O) groups excluding carboxylic acids is 2. The SMILES string of the molecule is NC(=O)C1CC(C(=O)NCc2n[nH]c(=S)n2C2CC2)=NN1c1ccc(F)cc1. The predicted octanol–water partition coefficient (Wildman–Crippen LogP) is 1.15. The summed E-state index contributed by atoms with van der Waals surface area (Å²) in [6.07, 6.45) is 2.14. The summed E-state index contributed by atoms with van der Waals surface area (Å²) >= 11 is 5.22. The third kappa shape index (κ3) is 3.52. The number of hydrogen-bond acceptors (Lipinski definition) is 6. The Bertz CT molecular complexity index is 1010. The molecule has 28 heavy (non-hydrogen) atoms. The molecule has 0 radical (unpaired) electrons. The van der Waals surface area contributed by atoms with Crippen LogP contribution in [0.15, 0.2) is 29.4 Å². The summed E-state index contributed by atoms with van der Waals surface area (Å²) in [5, 5.41) is 15.2. The lowest BCUT2D eigenvalue weighted by atomic mass is 10.1. The van der Waals surface area contributed by atoms with Crippen molar-refractivity contribution in [3.05, 3.63) is 40.7 Å². The number of rotatable bonds is 6. The van der Waals surface area contributed by atoms with Gasteiger partial charge < -0.3 is 11.1 Å². The molecule has 11 heteroatoms. The smallest absolute Gasteiger partial charge is 0.267 e. The Balaban J connectivity index is 1.49. The van der Waals surface area contributed by atoms with Crippen LogP contribution in [0, 0.1) is 10.6 Å². The number of nitrogens with one attached hydrogen (secondary N) is 2. The van der Waals surface area contributed by atoms with E-state index in [1.54, 1.807) is 0 Å². The molecule has 1 fully saturated rings. The van der Waals surface area contributed by atoms with E-state index in [4.69, 9.17) is 18.0 Å². The largest absolute Gasteiger partial charge is 0.368 e. The number of benzene rings is 1. The quantitative estimate of drug-likeness (QED) is 0.625. The first kappa shape index (κ1) is 18.3. The van der Waals surface area contributed by atoms with Crippen LogP contribution < -0.4 is 16.1 Å². The summed E-state index contributed by atoms with van der Waals surface area (Å²) < 4.78 is 15.6. The van der Waals surface area contributed by atoms with E-state index in [1.165, 1.54) is 29.3 Å². The number of hydrogen-bond donors (Lipinski definition) is 3. The van der Waals surface area contributed by atoms with Crippen LogP contribution in [-0.4, -0.2) is 38.3 Å². The Labute approximate surface area is 164 Å². The normalized spacial score (nSPS) is 18.8. The lowest BCUT2D eigenvalue weighted by Crippen LogP contribution is -2.39. The summed E-state index contributed by atoms with van der Waals surface area (Å²) in [7, 11) is 0. The van der Waals surface area contributed by atoms with Crippen molar-refractivity contribution < 1.29 is 14.0 Å². The first-order chi connectivity index (χ1) is 13.4. The van der Waals surface area contributed by atoms with Crippen LogP contribution in [-0.2, 0) is 16.1 Å². The van der Waals surface area contributed by atoms with E-state index in [0.717, 1.165) is 12.8 Å². The molecule has 2 aromatic rings. The van der Waals surface area contributed by atoms with Gasteiger partial charge in [0.15, 0.2) is 10.6 Å². The topological polar surface area (TPSA) is 121 Å². The van der Waals surface area contributed by atoms with E-state index in [0.29, 0.717) is 22.3 Å². The molecule has 0 saturated heterocycles. The van der Waals surface area contributed by atoms with E-state index in [-0.39, 0.29) is 18.7 Å². The number of aromatic nitrogens is 3. The summed E-state index contributed by atoms with van der Waals surface area (Å²) in [6, 6.07) is 4.97. The number of primary amides is 1. The average molecular weight is 403 g/mol. The van der Waals surface area contributed by atoms with Gasteiger partial charge in [-0.2, -0.15) is 10.2 Å². The van der Waals surface area contributed by atoms with E-state index in [2.05, 4.69) is 20.6 Å². The van der Waals surface area contributed by atoms with Gasteiger partial charge in [-0.05, 0) is 49.3 Å². The summed E-state index contributed by atoms with van der Waals surface area (Å²) in [6.45, 7) is 0.180. The molecule has 9 nitrogen and oxygen atoms in total. The van der Waals surface area contributed by atoms with Crippen LogP contribution in [0.5, 0.6) is 0 Å². The van der Waals surface area contributed by atoms with Crippen molar-refractivity contribution in [2.75, 3.05) is 5.01 Å². The van der Waals surface area contributed by atoms with Crippen LogP contribution in [0.25, 0.3) is 0 Å². The Morgan fingerprint density at radius 2 is 2.04 bits per heavy atom. The highest BCUT2D eigenvalue weighted by molar-refractivity contribution is 7.71. The third-order valence-electron chi connectivity index (χ3n) is 4.69. The van der Waals surface area contributed by atoms with Crippen molar-refractivity contribution in [2.45, 2.75) is 37.9 Å². The average Bonchev–Trinajstić information content (AvgIpc) is 3.28. The fraction of sp³-hybridized carbons (Fsp3) is 0.353. The Morgan fingerprint density at radius 1 is 1.32 bits per heavy atom. The van der Waals surface area contributed by atoms with Gasteiger partial charge in [0.2, 0.25) is 5.91 Å². The number of halogens is 1. The lowest BCUT2D eigenvalue weighted by Gasteiger charge is -2.20. The van der Waals surface area contributed by atoms with Gasteiger partial charge in [0.05, 0.1) is 12.2 Å². The Hall–Kier alpha value is -3.08. The van der Waals surface area contributed by atoms with Gasteiger partial charge >= 0.3 is 0 Å². The minimum atomic E-state index is -0.813. The molecule has 0 bridgehead atoms.